The van der Waals surface area contributed by atoms with Gasteiger partial charge in [-0.25, -0.2) is 0 Å². The highest BCUT2D eigenvalue weighted by Crippen LogP contribution is 1.62. The van der Waals surface area contributed by atoms with Gasteiger partial charge in [0.05, 0.1) is 0 Å². The first-order valence-electron chi connectivity index (χ1n) is 6.18. The smallest absolute Gasteiger partial charge is 0.00546 e. The molecule has 0 aliphatic rings. The van der Waals surface area contributed by atoms with Crippen molar-refractivity contribution in [2.45, 2.75) is 27.2 Å². The predicted molar refractivity (Wildman–Crippen MR) is 78.4 cm³/mol. The number of rotatable bonds is 4. The molecule has 4 nitrogen and oxygen atoms in total. The molecule has 0 fully saturated rings. The zero-order valence-electron chi connectivity index (χ0n) is 12.8. The van der Waals surface area contributed by atoms with Gasteiger partial charge in [0.25, 0.3) is 0 Å². The van der Waals surface area contributed by atoms with Crippen molar-refractivity contribution in [3.8, 4) is 0 Å². The zero-order chi connectivity index (χ0) is 13.7. The van der Waals surface area contributed by atoms with Gasteiger partial charge in [0.2, 0.25) is 0 Å². The molecule has 0 saturated heterocycles. The first-order valence-corrected chi connectivity index (χ1v) is 6.18. The third-order valence-electron chi connectivity index (χ3n) is 1.21. The van der Waals surface area contributed by atoms with E-state index in [1.54, 1.807) is 0 Å². The van der Waals surface area contributed by atoms with E-state index in [0.29, 0.717) is 0 Å². The van der Waals surface area contributed by atoms with Crippen LogP contribution in [0.3, 0.4) is 0 Å². The summed E-state index contributed by atoms with van der Waals surface area (Å²) in [7, 11) is 9.57. The van der Waals surface area contributed by atoms with Gasteiger partial charge in [0.15, 0.2) is 0 Å². The van der Waals surface area contributed by atoms with Crippen molar-refractivity contribution in [2.75, 3.05) is 54.9 Å². The quantitative estimate of drug-likeness (QED) is 0.586. The summed E-state index contributed by atoms with van der Waals surface area (Å²) in [5.74, 6) is 0. The number of hydrogen-bond acceptors (Lipinski definition) is 4. The SMILES string of the molecule is CCCNC.CCNC.CCNC.CNC. The predicted octanol–water partition coefficient (Wildman–Crippen LogP) is 0.903. The van der Waals surface area contributed by atoms with Crippen LogP contribution in [0.1, 0.15) is 27.2 Å². The van der Waals surface area contributed by atoms with Crippen LogP contribution in [0.5, 0.6) is 0 Å². The van der Waals surface area contributed by atoms with Crippen LogP contribution in [0, 0.1) is 0 Å². The fourth-order valence-electron chi connectivity index (χ4n) is 0.250. The summed E-state index contributed by atoms with van der Waals surface area (Å²) >= 11 is 0. The number of nitrogens with one attached hydrogen (secondary N) is 4. The second-order valence-electron chi connectivity index (χ2n) is 3.02. The molecule has 0 rings (SSSR count). The van der Waals surface area contributed by atoms with Gasteiger partial charge in [0, 0.05) is 0 Å². The maximum atomic E-state index is 3.02. The molecular weight excluding hydrogens is 200 g/mol. The standard InChI is InChI=1S/C4H11N.2C3H9N.C2H7N/c1-3-4-5-2;2*1-3-4-2;1-3-2/h5H,3-4H2,1-2H3;2*4H,3H2,1-2H3;3H,1-2H3. The Hall–Kier alpha value is -0.160. The van der Waals surface area contributed by atoms with E-state index >= 15 is 0 Å². The average Bonchev–Trinajstić information content (AvgIpc) is 2.32. The fraction of sp³-hybridized carbons (Fsp3) is 1.00. The van der Waals surface area contributed by atoms with Gasteiger partial charge in [-0.15, -0.1) is 0 Å². The maximum absolute atomic E-state index is 3.02. The lowest BCUT2D eigenvalue weighted by molar-refractivity contribution is 0.772. The van der Waals surface area contributed by atoms with Crippen molar-refractivity contribution in [1.29, 1.82) is 0 Å². The molecule has 0 aromatic heterocycles. The molecule has 104 valence electrons. The van der Waals surface area contributed by atoms with Gasteiger partial charge >= 0.3 is 0 Å². The molecule has 0 aliphatic carbocycles. The third kappa shape index (κ3) is 155. The lowest BCUT2D eigenvalue weighted by atomic mass is 10.5. The molecular formula is C12H36N4. The largest absolute Gasteiger partial charge is 0.323 e. The minimum Gasteiger partial charge on any atom is -0.323 e. The molecule has 0 spiro atoms. The van der Waals surface area contributed by atoms with E-state index < -0.39 is 0 Å². The highest BCUT2D eigenvalue weighted by molar-refractivity contribution is 4.28. The first kappa shape index (κ1) is 24.9. The monoisotopic (exact) mass is 236 g/mol. The molecule has 16 heavy (non-hydrogen) atoms. The van der Waals surface area contributed by atoms with Crippen LogP contribution in [0.4, 0.5) is 0 Å². The van der Waals surface area contributed by atoms with E-state index in [1.807, 2.05) is 35.2 Å². The highest BCUT2D eigenvalue weighted by Gasteiger charge is 1.64. The highest BCUT2D eigenvalue weighted by atomic mass is 14.8. The minimum atomic E-state index is 1.07. The molecule has 0 bridgehead atoms. The molecule has 0 heterocycles. The summed E-state index contributed by atoms with van der Waals surface area (Å²) in [5.41, 5.74) is 0. The Morgan fingerprint density at radius 2 is 0.875 bits per heavy atom. The minimum absolute atomic E-state index is 1.07. The first-order chi connectivity index (χ1) is 7.66. The Bertz CT molecular complexity index is 51.0. The molecule has 4 heteroatoms. The molecule has 0 atom stereocenters. The second-order valence-corrected chi connectivity index (χ2v) is 3.02. The maximum Gasteiger partial charge on any atom is -0.00546 e. The Morgan fingerprint density at radius 1 is 0.625 bits per heavy atom. The van der Waals surface area contributed by atoms with Gasteiger partial charge in [-0.2, -0.15) is 0 Å². The van der Waals surface area contributed by atoms with E-state index in [2.05, 4.69) is 42.0 Å². The third-order valence-corrected chi connectivity index (χ3v) is 1.21. The molecule has 0 radical (unpaired) electrons. The summed E-state index contributed by atoms with van der Waals surface area (Å²) in [6.45, 7) is 9.57. The fourth-order valence-corrected chi connectivity index (χ4v) is 0.250. The van der Waals surface area contributed by atoms with Crippen molar-refractivity contribution in [3.63, 3.8) is 0 Å². The van der Waals surface area contributed by atoms with Crippen molar-refractivity contribution in [2.24, 2.45) is 0 Å². The van der Waals surface area contributed by atoms with E-state index in [1.165, 1.54) is 6.42 Å². The Kier molecular flexibility index (Phi) is 71.9. The van der Waals surface area contributed by atoms with E-state index in [9.17, 15) is 0 Å². The summed E-state index contributed by atoms with van der Waals surface area (Å²) < 4.78 is 0. The molecule has 0 aromatic carbocycles. The van der Waals surface area contributed by atoms with E-state index in [0.717, 1.165) is 19.6 Å². The summed E-state index contributed by atoms with van der Waals surface area (Å²) in [6.07, 6.45) is 1.23. The zero-order valence-corrected chi connectivity index (χ0v) is 12.8. The van der Waals surface area contributed by atoms with Gasteiger partial charge in [0.1, 0.15) is 0 Å². The van der Waals surface area contributed by atoms with Crippen LogP contribution in [-0.2, 0) is 0 Å². The van der Waals surface area contributed by atoms with Gasteiger partial charge < -0.3 is 21.3 Å². The topological polar surface area (TPSA) is 48.1 Å². The lowest BCUT2D eigenvalue weighted by Crippen LogP contribution is -2.04. The molecule has 0 saturated carbocycles. The molecule has 0 amide bonds. The van der Waals surface area contributed by atoms with Crippen molar-refractivity contribution < 1.29 is 0 Å². The van der Waals surface area contributed by atoms with Gasteiger partial charge in [-0.3, -0.25) is 0 Å². The lowest BCUT2D eigenvalue weighted by Gasteiger charge is -1.84. The summed E-state index contributed by atoms with van der Waals surface area (Å²) in [5, 5.41) is 11.6. The summed E-state index contributed by atoms with van der Waals surface area (Å²) in [6, 6.07) is 0. The van der Waals surface area contributed by atoms with Crippen molar-refractivity contribution in [1.82, 2.24) is 21.3 Å². The van der Waals surface area contributed by atoms with Gasteiger partial charge in [-0.1, -0.05) is 20.8 Å². The van der Waals surface area contributed by atoms with Crippen molar-refractivity contribution >= 4 is 0 Å². The van der Waals surface area contributed by atoms with Crippen molar-refractivity contribution in [3.05, 3.63) is 0 Å². The van der Waals surface area contributed by atoms with E-state index in [4.69, 9.17) is 0 Å². The molecule has 0 aliphatic heterocycles. The van der Waals surface area contributed by atoms with Crippen LogP contribution >= 0.6 is 0 Å². The second kappa shape index (κ2) is 46.2. The average molecular weight is 236 g/mol. The van der Waals surface area contributed by atoms with Crippen LogP contribution in [-0.4, -0.2) is 54.9 Å². The summed E-state index contributed by atoms with van der Waals surface area (Å²) in [4.78, 5) is 0. The van der Waals surface area contributed by atoms with Gasteiger partial charge in [-0.05, 0) is 61.3 Å². The van der Waals surface area contributed by atoms with Crippen LogP contribution in [0.15, 0.2) is 0 Å². The molecule has 0 unspecified atom stereocenters. The Morgan fingerprint density at radius 3 is 0.875 bits per heavy atom. The van der Waals surface area contributed by atoms with Crippen LogP contribution < -0.4 is 21.3 Å². The number of hydrogen-bond donors (Lipinski definition) is 4. The Labute approximate surface area is 104 Å². The normalized spacial score (nSPS) is 7.50. The Balaban J connectivity index is -0.0000000610. The molecule has 0 aromatic rings. The van der Waals surface area contributed by atoms with Crippen LogP contribution in [0.25, 0.3) is 0 Å². The molecule has 4 N–H and O–H groups in total. The van der Waals surface area contributed by atoms with E-state index in [-0.39, 0.29) is 0 Å². The van der Waals surface area contributed by atoms with Crippen LogP contribution in [0.2, 0.25) is 0 Å².